The molecule has 4 nitrogen and oxygen atoms in total. The van der Waals surface area contributed by atoms with E-state index in [-0.39, 0.29) is 23.4 Å². The molecule has 0 amide bonds. The number of halogens is 2. The van der Waals surface area contributed by atoms with E-state index in [0.717, 1.165) is 43.5 Å². The molecule has 0 radical (unpaired) electrons. The summed E-state index contributed by atoms with van der Waals surface area (Å²) in [5.74, 6) is -1.61. The first-order valence-electron chi connectivity index (χ1n) is 9.25. The van der Waals surface area contributed by atoms with Crippen molar-refractivity contribution in [1.82, 2.24) is 0 Å². The van der Waals surface area contributed by atoms with Gasteiger partial charge in [0.25, 0.3) is 0 Å². The molecule has 1 aliphatic heterocycles. The van der Waals surface area contributed by atoms with Gasteiger partial charge in [-0.15, -0.1) is 0 Å². The van der Waals surface area contributed by atoms with Gasteiger partial charge in [0.05, 0.1) is 12.1 Å². The van der Waals surface area contributed by atoms with Crippen molar-refractivity contribution in [3.8, 4) is 5.75 Å². The quantitative estimate of drug-likeness (QED) is 0.833. The fourth-order valence-corrected chi connectivity index (χ4v) is 3.65. The second kappa shape index (κ2) is 7.18. The summed E-state index contributed by atoms with van der Waals surface area (Å²) in [6, 6.07) is 9.00. The van der Waals surface area contributed by atoms with Crippen LogP contribution in [0.2, 0.25) is 0 Å². The number of hydrogen-bond acceptors (Lipinski definition) is 3. The van der Waals surface area contributed by atoms with E-state index in [9.17, 15) is 18.7 Å². The Kier molecular flexibility index (Phi) is 4.72. The smallest absolute Gasteiger partial charge is 0.338 e. The van der Waals surface area contributed by atoms with Gasteiger partial charge >= 0.3 is 5.97 Å². The molecule has 1 atom stereocenters. The van der Waals surface area contributed by atoms with E-state index in [1.807, 2.05) is 0 Å². The standard InChI is InChI=1S/C21H21F2NO3/c22-14-5-7-15(8-6-14)24-9-1-2-16(12-24)27-20-11-19(23)18(21(25)26)10-17(20)13-3-4-13/h5-8,10-11,13,16H,1-4,9,12H2,(H,25,26)/t16-/m1/s1. The topological polar surface area (TPSA) is 49.8 Å². The average Bonchev–Trinajstić information content (AvgIpc) is 3.47. The highest BCUT2D eigenvalue weighted by molar-refractivity contribution is 5.88. The number of aromatic carboxylic acids is 1. The summed E-state index contributed by atoms with van der Waals surface area (Å²) in [6.07, 6.45) is 3.55. The summed E-state index contributed by atoms with van der Waals surface area (Å²) >= 11 is 0. The van der Waals surface area contributed by atoms with Gasteiger partial charge in [0.1, 0.15) is 23.5 Å². The number of anilines is 1. The van der Waals surface area contributed by atoms with Gasteiger partial charge in [0.2, 0.25) is 0 Å². The Morgan fingerprint density at radius 1 is 1.11 bits per heavy atom. The number of carboxylic acids is 1. The third kappa shape index (κ3) is 3.89. The van der Waals surface area contributed by atoms with Crippen LogP contribution < -0.4 is 9.64 Å². The van der Waals surface area contributed by atoms with Crippen LogP contribution in [0.1, 0.15) is 47.5 Å². The third-order valence-electron chi connectivity index (χ3n) is 5.21. The van der Waals surface area contributed by atoms with Gasteiger partial charge in [-0.2, -0.15) is 0 Å². The largest absolute Gasteiger partial charge is 0.488 e. The van der Waals surface area contributed by atoms with E-state index < -0.39 is 11.8 Å². The van der Waals surface area contributed by atoms with Crippen molar-refractivity contribution in [3.05, 3.63) is 59.2 Å². The van der Waals surface area contributed by atoms with E-state index >= 15 is 0 Å². The highest BCUT2D eigenvalue weighted by Gasteiger charge is 2.31. The highest BCUT2D eigenvalue weighted by atomic mass is 19.1. The third-order valence-corrected chi connectivity index (χ3v) is 5.21. The van der Waals surface area contributed by atoms with Crippen molar-refractivity contribution in [2.45, 2.75) is 37.7 Å². The molecule has 1 saturated carbocycles. The molecule has 1 N–H and O–H groups in total. The number of carboxylic acid groups (broad SMARTS) is 1. The summed E-state index contributed by atoms with van der Waals surface area (Å²) in [7, 11) is 0. The maximum Gasteiger partial charge on any atom is 0.338 e. The van der Waals surface area contributed by atoms with E-state index in [1.165, 1.54) is 24.3 Å². The number of piperidine rings is 1. The second-order valence-electron chi connectivity index (χ2n) is 7.25. The molecule has 0 aromatic heterocycles. The van der Waals surface area contributed by atoms with Gasteiger partial charge in [-0.25, -0.2) is 13.6 Å². The van der Waals surface area contributed by atoms with E-state index in [2.05, 4.69) is 4.90 Å². The number of benzene rings is 2. The molecule has 1 saturated heterocycles. The van der Waals surface area contributed by atoms with Crippen molar-refractivity contribution in [1.29, 1.82) is 0 Å². The van der Waals surface area contributed by atoms with Crippen molar-refractivity contribution in [2.75, 3.05) is 18.0 Å². The molecule has 2 aromatic rings. The zero-order chi connectivity index (χ0) is 19.0. The lowest BCUT2D eigenvalue weighted by molar-refractivity contribution is 0.0691. The predicted octanol–water partition coefficient (Wildman–Crippen LogP) is 4.59. The molecule has 142 valence electrons. The molecule has 2 aliphatic rings. The van der Waals surface area contributed by atoms with Crippen LogP contribution in [0.5, 0.6) is 5.75 Å². The Hall–Kier alpha value is -2.63. The zero-order valence-corrected chi connectivity index (χ0v) is 14.8. The second-order valence-corrected chi connectivity index (χ2v) is 7.25. The first kappa shape index (κ1) is 17.8. The normalized spacial score (nSPS) is 19.8. The molecular formula is C21H21F2NO3. The van der Waals surface area contributed by atoms with Crippen LogP contribution in [0.25, 0.3) is 0 Å². The Balaban J connectivity index is 1.54. The van der Waals surface area contributed by atoms with Gasteiger partial charge in [0.15, 0.2) is 0 Å². The molecule has 0 bridgehead atoms. The Morgan fingerprint density at radius 2 is 1.85 bits per heavy atom. The van der Waals surface area contributed by atoms with Crippen LogP contribution in [0.3, 0.4) is 0 Å². The first-order valence-corrected chi connectivity index (χ1v) is 9.25. The summed E-state index contributed by atoms with van der Waals surface area (Å²) in [5.41, 5.74) is 1.41. The van der Waals surface area contributed by atoms with E-state index in [1.54, 1.807) is 12.1 Å². The van der Waals surface area contributed by atoms with Gasteiger partial charge in [0, 0.05) is 18.3 Å². The number of carbonyl (C=O) groups is 1. The molecule has 4 rings (SSSR count). The van der Waals surface area contributed by atoms with Gasteiger partial charge in [-0.05, 0) is 67.5 Å². The number of nitrogens with zero attached hydrogens (tertiary/aromatic N) is 1. The van der Waals surface area contributed by atoms with Crippen molar-refractivity contribution >= 4 is 11.7 Å². The Bertz CT molecular complexity index is 849. The van der Waals surface area contributed by atoms with Crippen LogP contribution in [0, 0.1) is 11.6 Å². The van der Waals surface area contributed by atoms with Crippen molar-refractivity contribution in [2.24, 2.45) is 0 Å². The minimum absolute atomic E-state index is 0.128. The van der Waals surface area contributed by atoms with Crippen molar-refractivity contribution in [3.63, 3.8) is 0 Å². The molecule has 1 heterocycles. The molecule has 0 unspecified atom stereocenters. The van der Waals surface area contributed by atoms with E-state index in [0.29, 0.717) is 12.3 Å². The van der Waals surface area contributed by atoms with Crippen LogP contribution >= 0.6 is 0 Å². The summed E-state index contributed by atoms with van der Waals surface area (Å²) in [6.45, 7) is 1.48. The lowest BCUT2D eigenvalue weighted by Crippen LogP contribution is -2.41. The van der Waals surface area contributed by atoms with Crippen LogP contribution in [0.4, 0.5) is 14.5 Å². The molecule has 6 heteroatoms. The molecule has 2 fully saturated rings. The fraction of sp³-hybridized carbons (Fsp3) is 0.381. The average molecular weight is 373 g/mol. The van der Waals surface area contributed by atoms with Gasteiger partial charge in [-0.1, -0.05) is 0 Å². The van der Waals surface area contributed by atoms with Crippen LogP contribution in [-0.4, -0.2) is 30.3 Å². The van der Waals surface area contributed by atoms with Crippen molar-refractivity contribution < 1.29 is 23.4 Å². The first-order chi connectivity index (χ1) is 13.0. The molecule has 27 heavy (non-hydrogen) atoms. The van der Waals surface area contributed by atoms with Crippen LogP contribution in [-0.2, 0) is 0 Å². The summed E-state index contributed by atoms with van der Waals surface area (Å²) in [4.78, 5) is 13.4. The molecule has 0 spiro atoms. The minimum atomic E-state index is -1.26. The van der Waals surface area contributed by atoms with E-state index in [4.69, 9.17) is 4.74 Å². The zero-order valence-electron chi connectivity index (χ0n) is 14.8. The molecular weight excluding hydrogens is 352 g/mol. The number of ether oxygens (including phenoxy) is 1. The predicted molar refractivity (Wildman–Crippen MR) is 97.6 cm³/mol. The molecule has 1 aliphatic carbocycles. The SMILES string of the molecule is O=C(O)c1cc(C2CC2)c(O[C@@H]2CCCN(c3ccc(F)cc3)C2)cc1F. The van der Waals surface area contributed by atoms with Gasteiger partial charge < -0.3 is 14.7 Å². The Morgan fingerprint density at radius 3 is 2.52 bits per heavy atom. The maximum atomic E-state index is 14.2. The highest BCUT2D eigenvalue weighted by Crippen LogP contribution is 2.45. The Labute approximate surface area is 156 Å². The number of rotatable bonds is 5. The van der Waals surface area contributed by atoms with Crippen LogP contribution in [0.15, 0.2) is 36.4 Å². The lowest BCUT2D eigenvalue weighted by atomic mass is 10.0. The summed E-state index contributed by atoms with van der Waals surface area (Å²) < 4.78 is 33.5. The maximum absolute atomic E-state index is 14.2. The summed E-state index contributed by atoms with van der Waals surface area (Å²) in [5, 5.41) is 9.17. The molecule has 2 aromatic carbocycles. The minimum Gasteiger partial charge on any atom is -0.488 e. The lowest BCUT2D eigenvalue weighted by Gasteiger charge is -2.35. The number of hydrogen-bond donors (Lipinski definition) is 1. The fourth-order valence-electron chi connectivity index (χ4n) is 3.65. The monoisotopic (exact) mass is 373 g/mol. The van der Waals surface area contributed by atoms with Gasteiger partial charge in [-0.3, -0.25) is 0 Å².